The highest BCUT2D eigenvalue weighted by Gasteiger charge is 2.33. The molecule has 0 spiro atoms. The maximum absolute atomic E-state index is 12.4. The molecular weight excluding hydrogens is 432 g/mol. The summed E-state index contributed by atoms with van der Waals surface area (Å²) in [5, 5.41) is 11.4. The van der Waals surface area contributed by atoms with Crippen LogP contribution in [0, 0.1) is 25.2 Å². The van der Waals surface area contributed by atoms with Gasteiger partial charge in [0.2, 0.25) is 0 Å². The topological polar surface area (TPSA) is 104 Å². The maximum Gasteiger partial charge on any atom is 0.331 e. The first-order valence-electron chi connectivity index (χ1n) is 10.6. The van der Waals surface area contributed by atoms with Gasteiger partial charge in [-0.1, -0.05) is 18.2 Å². The number of ether oxygens (including phenoxy) is 1. The molecule has 3 aromatic rings. The number of nitrogens with zero attached hydrogens (tertiary/aromatic N) is 3. The summed E-state index contributed by atoms with van der Waals surface area (Å²) in [6, 6.07) is 18.1. The smallest absolute Gasteiger partial charge is 0.331 e. The molecule has 1 aliphatic heterocycles. The van der Waals surface area contributed by atoms with E-state index in [1.165, 1.54) is 13.1 Å². The van der Waals surface area contributed by atoms with Crippen molar-refractivity contribution in [2.24, 2.45) is 0 Å². The van der Waals surface area contributed by atoms with Gasteiger partial charge in [-0.25, -0.2) is 4.79 Å². The van der Waals surface area contributed by atoms with Gasteiger partial charge in [-0.05, 0) is 61.9 Å². The van der Waals surface area contributed by atoms with Crippen LogP contribution >= 0.6 is 0 Å². The number of hydrogen-bond donors (Lipinski definition) is 1. The number of likely N-dealkylation sites (N-methyl/N-ethyl adjacent to an activating group) is 1. The summed E-state index contributed by atoms with van der Waals surface area (Å²) in [5.41, 5.74) is 4.64. The normalized spacial score (nSPS) is 14.8. The van der Waals surface area contributed by atoms with Crippen LogP contribution in [0.15, 0.2) is 60.2 Å². The average Bonchev–Trinajstić information content (AvgIpc) is 3.12. The summed E-state index contributed by atoms with van der Waals surface area (Å²) < 4.78 is 7.85. The largest absolute Gasteiger partial charge is 0.489 e. The molecule has 0 bridgehead atoms. The first kappa shape index (κ1) is 22.6. The molecule has 4 amide bonds. The second kappa shape index (κ2) is 9.08. The lowest BCUT2D eigenvalue weighted by Gasteiger charge is -2.22. The predicted octanol–water partition coefficient (Wildman–Crippen LogP) is 3.64. The first-order chi connectivity index (χ1) is 16.3. The maximum atomic E-state index is 12.4. The van der Waals surface area contributed by atoms with Crippen LogP contribution in [-0.2, 0) is 16.2 Å². The summed E-state index contributed by atoms with van der Waals surface area (Å²) in [5.74, 6) is -0.686. The van der Waals surface area contributed by atoms with E-state index in [1.807, 2.05) is 66.9 Å². The van der Waals surface area contributed by atoms with Gasteiger partial charge in [-0.3, -0.25) is 19.8 Å². The lowest BCUT2D eigenvalue weighted by Crippen LogP contribution is -2.52. The summed E-state index contributed by atoms with van der Waals surface area (Å²) in [7, 11) is 1.32. The van der Waals surface area contributed by atoms with Crippen molar-refractivity contribution in [3.8, 4) is 17.5 Å². The van der Waals surface area contributed by atoms with Crippen molar-refractivity contribution >= 4 is 23.9 Å². The third-order valence-corrected chi connectivity index (χ3v) is 5.70. The summed E-state index contributed by atoms with van der Waals surface area (Å²) in [6.07, 6.45) is 1.50. The van der Waals surface area contributed by atoms with Crippen LogP contribution in [0.4, 0.5) is 4.79 Å². The summed E-state index contributed by atoms with van der Waals surface area (Å²) >= 11 is 0. The van der Waals surface area contributed by atoms with E-state index in [1.54, 1.807) is 6.07 Å². The Balaban J connectivity index is 1.57. The molecule has 2 aromatic carbocycles. The van der Waals surface area contributed by atoms with Crippen molar-refractivity contribution in [1.82, 2.24) is 14.8 Å². The zero-order valence-corrected chi connectivity index (χ0v) is 19.0. The molecule has 170 valence electrons. The van der Waals surface area contributed by atoms with Crippen molar-refractivity contribution in [3.63, 3.8) is 0 Å². The summed E-state index contributed by atoms with van der Waals surface area (Å²) in [6.45, 7) is 4.11. The van der Waals surface area contributed by atoms with E-state index in [2.05, 4.69) is 11.4 Å². The Morgan fingerprint density at radius 2 is 1.76 bits per heavy atom. The number of amides is 4. The fourth-order valence-corrected chi connectivity index (χ4v) is 3.84. The van der Waals surface area contributed by atoms with E-state index >= 15 is 0 Å². The zero-order valence-electron chi connectivity index (χ0n) is 19.0. The minimum Gasteiger partial charge on any atom is -0.489 e. The Hall–Kier alpha value is -4.64. The van der Waals surface area contributed by atoms with Crippen molar-refractivity contribution in [2.45, 2.75) is 20.5 Å². The molecule has 1 fully saturated rings. The number of urea groups is 1. The molecule has 8 nitrogen and oxygen atoms in total. The molecule has 8 heteroatoms. The number of carbonyl (C=O) groups is 3. The van der Waals surface area contributed by atoms with Gasteiger partial charge >= 0.3 is 6.03 Å². The van der Waals surface area contributed by atoms with Gasteiger partial charge in [0.15, 0.2) is 0 Å². The van der Waals surface area contributed by atoms with Crippen LogP contribution < -0.4 is 10.1 Å². The number of aromatic nitrogens is 1. The minimum absolute atomic E-state index is 0.0938. The van der Waals surface area contributed by atoms with Gasteiger partial charge in [-0.2, -0.15) is 5.26 Å². The number of barbiturate groups is 1. The number of carbonyl (C=O) groups excluding carboxylic acids is 3. The van der Waals surface area contributed by atoms with E-state index in [4.69, 9.17) is 4.74 Å². The van der Waals surface area contributed by atoms with E-state index in [9.17, 15) is 19.6 Å². The SMILES string of the molecule is Cc1cc(C=C2C(=O)NC(=O)N(C)C2=O)c(C)n1-c1ccc(OCc2ccccc2C#N)cc1. The number of imide groups is 2. The third-order valence-electron chi connectivity index (χ3n) is 5.70. The molecule has 34 heavy (non-hydrogen) atoms. The van der Waals surface area contributed by atoms with Crippen molar-refractivity contribution < 1.29 is 19.1 Å². The highest BCUT2D eigenvalue weighted by Crippen LogP contribution is 2.25. The van der Waals surface area contributed by atoms with Gasteiger partial charge in [-0.15, -0.1) is 0 Å². The summed E-state index contributed by atoms with van der Waals surface area (Å²) in [4.78, 5) is 37.1. The molecule has 4 rings (SSSR count). The van der Waals surface area contributed by atoms with Gasteiger partial charge < -0.3 is 9.30 Å². The number of rotatable bonds is 5. The molecule has 1 N–H and O–H groups in total. The van der Waals surface area contributed by atoms with E-state index in [0.29, 0.717) is 16.9 Å². The highest BCUT2D eigenvalue weighted by atomic mass is 16.5. The molecular formula is C26H22N4O4. The van der Waals surface area contributed by atoms with Crippen LogP contribution in [0.2, 0.25) is 0 Å². The number of aryl methyl sites for hydroxylation is 1. The predicted molar refractivity (Wildman–Crippen MR) is 125 cm³/mol. The van der Waals surface area contributed by atoms with Crippen LogP contribution in [0.25, 0.3) is 11.8 Å². The van der Waals surface area contributed by atoms with Crippen LogP contribution in [-0.4, -0.2) is 34.4 Å². The Morgan fingerprint density at radius 3 is 2.47 bits per heavy atom. The quantitative estimate of drug-likeness (QED) is 0.468. The van der Waals surface area contributed by atoms with Crippen molar-refractivity contribution in [2.75, 3.05) is 7.05 Å². The van der Waals surface area contributed by atoms with E-state index < -0.39 is 17.8 Å². The molecule has 0 aliphatic carbocycles. The number of nitriles is 1. The monoisotopic (exact) mass is 454 g/mol. The molecule has 1 aromatic heterocycles. The highest BCUT2D eigenvalue weighted by molar-refractivity contribution is 6.30. The van der Waals surface area contributed by atoms with E-state index in [-0.39, 0.29) is 12.2 Å². The lowest BCUT2D eigenvalue weighted by molar-refractivity contribution is -0.129. The third kappa shape index (κ3) is 4.19. The van der Waals surface area contributed by atoms with Crippen LogP contribution in [0.1, 0.15) is 28.1 Å². The standard InChI is InChI=1S/C26H22N4O4/c1-16-12-20(13-23-24(31)28-26(33)29(3)25(23)32)17(2)30(16)21-8-10-22(11-9-21)34-15-19-7-5-4-6-18(19)14-27/h4-13H,15H2,1-3H3,(H,28,31,33). The Kier molecular flexibility index (Phi) is 6.02. The van der Waals surface area contributed by atoms with Gasteiger partial charge in [0.25, 0.3) is 11.8 Å². The average molecular weight is 454 g/mol. The van der Waals surface area contributed by atoms with Crippen LogP contribution in [0.5, 0.6) is 5.75 Å². The zero-order chi connectivity index (χ0) is 24.4. The molecule has 0 radical (unpaired) electrons. The molecule has 0 unspecified atom stereocenters. The van der Waals surface area contributed by atoms with Gasteiger partial charge in [0.05, 0.1) is 11.6 Å². The fourth-order valence-electron chi connectivity index (χ4n) is 3.84. The molecule has 0 atom stereocenters. The minimum atomic E-state index is -0.740. The second-order valence-corrected chi connectivity index (χ2v) is 7.89. The molecule has 1 aliphatic rings. The fraction of sp³-hybridized carbons (Fsp3) is 0.154. The van der Waals surface area contributed by atoms with Crippen molar-refractivity contribution in [3.05, 3.63) is 88.2 Å². The van der Waals surface area contributed by atoms with Gasteiger partial charge in [0.1, 0.15) is 17.9 Å². The Bertz CT molecular complexity index is 1380. The molecule has 0 saturated carbocycles. The second-order valence-electron chi connectivity index (χ2n) is 7.89. The van der Waals surface area contributed by atoms with Gasteiger partial charge in [0, 0.05) is 29.7 Å². The Labute approximate surface area is 196 Å². The van der Waals surface area contributed by atoms with E-state index in [0.717, 1.165) is 27.5 Å². The van der Waals surface area contributed by atoms with Crippen molar-refractivity contribution in [1.29, 1.82) is 5.26 Å². The number of nitrogens with one attached hydrogen (secondary N) is 1. The van der Waals surface area contributed by atoms with Crippen LogP contribution in [0.3, 0.4) is 0 Å². The Morgan fingerprint density at radius 1 is 1.06 bits per heavy atom. The number of benzene rings is 2. The number of hydrogen-bond acceptors (Lipinski definition) is 5. The first-order valence-corrected chi connectivity index (χ1v) is 10.6. The molecule has 2 heterocycles. The lowest BCUT2D eigenvalue weighted by atomic mass is 10.1. The molecule has 1 saturated heterocycles.